The highest BCUT2D eigenvalue weighted by atomic mass is 127. The van der Waals surface area contributed by atoms with E-state index in [0.717, 1.165) is 25.1 Å². The minimum atomic E-state index is -3.65. The second-order valence-electron chi connectivity index (χ2n) is 5.16. The van der Waals surface area contributed by atoms with E-state index >= 15 is 0 Å². The summed E-state index contributed by atoms with van der Waals surface area (Å²) in [6, 6.07) is 8.32. The summed E-state index contributed by atoms with van der Waals surface area (Å²) in [5.41, 5.74) is 0.932. The SMILES string of the molecule is CN=C(NCCCn1cccn1)NCc1ccc(S(N)(=O)=O)cc1.I. The van der Waals surface area contributed by atoms with Gasteiger partial charge >= 0.3 is 0 Å². The third kappa shape index (κ3) is 7.40. The molecule has 4 N–H and O–H groups in total. The van der Waals surface area contributed by atoms with Crippen molar-refractivity contribution in [1.82, 2.24) is 20.4 Å². The van der Waals surface area contributed by atoms with Crippen LogP contribution in [0.5, 0.6) is 0 Å². The molecule has 0 unspecified atom stereocenters. The first-order valence-corrected chi connectivity index (χ1v) is 9.07. The molecule has 0 fully saturated rings. The van der Waals surface area contributed by atoms with Gasteiger partial charge in [-0.25, -0.2) is 13.6 Å². The van der Waals surface area contributed by atoms with E-state index in [1.807, 2.05) is 16.9 Å². The van der Waals surface area contributed by atoms with Gasteiger partial charge in [0.25, 0.3) is 0 Å². The van der Waals surface area contributed by atoms with Gasteiger partial charge in [0.1, 0.15) is 0 Å². The number of benzene rings is 1. The Morgan fingerprint density at radius 3 is 2.56 bits per heavy atom. The highest BCUT2D eigenvalue weighted by molar-refractivity contribution is 14.0. The molecular formula is C15H23IN6O2S. The van der Waals surface area contributed by atoms with Crippen LogP contribution < -0.4 is 15.8 Å². The normalized spacial score (nSPS) is 11.7. The minimum Gasteiger partial charge on any atom is -0.356 e. The molecule has 1 aromatic carbocycles. The number of guanidine groups is 1. The topological polar surface area (TPSA) is 114 Å². The Balaban J connectivity index is 0.00000312. The maximum atomic E-state index is 11.2. The highest BCUT2D eigenvalue weighted by Crippen LogP contribution is 2.08. The monoisotopic (exact) mass is 478 g/mol. The first-order valence-electron chi connectivity index (χ1n) is 7.53. The number of nitrogens with zero attached hydrogens (tertiary/aromatic N) is 3. The van der Waals surface area contributed by atoms with E-state index in [1.165, 1.54) is 12.1 Å². The molecule has 2 aromatic rings. The average Bonchev–Trinajstić information content (AvgIpc) is 3.07. The first kappa shape index (κ1) is 21.4. The van der Waals surface area contributed by atoms with Gasteiger partial charge in [0.2, 0.25) is 10.0 Å². The van der Waals surface area contributed by atoms with Crippen LogP contribution in [0.4, 0.5) is 0 Å². The fourth-order valence-corrected chi connectivity index (χ4v) is 2.60. The summed E-state index contributed by atoms with van der Waals surface area (Å²) in [6.07, 6.45) is 4.61. The van der Waals surface area contributed by atoms with Crippen LogP contribution in [0.2, 0.25) is 0 Å². The summed E-state index contributed by atoms with van der Waals surface area (Å²) >= 11 is 0. The van der Waals surface area contributed by atoms with Crippen LogP contribution in [0, 0.1) is 0 Å². The van der Waals surface area contributed by atoms with Gasteiger partial charge in [-0.1, -0.05) is 12.1 Å². The van der Waals surface area contributed by atoms with Gasteiger partial charge in [-0.3, -0.25) is 9.67 Å². The van der Waals surface area contributed by atoms with Crippen LogP contribution in [0.3, 0.4) is 0 Å². The molecule has 1 heterocycles. The van der Waals surface area contributed by atoms with Crippen molar-refractivity contribution in [1.29, 1.82) is 0 Å². The molecule has 0 aliphatic heterocycles. The van der Waals surface area contributed by atoms with Gasteiger partial charge in [-0.15, -0.1) is 24.0 Å². The molecule has 8 nitrogen and oxygen atoms in total. The molecule has 0 saturated carbocycles. The van der Waals surface area contributed by atoms with Gasteiger partial charge in [-0.05, 0) is 30.2 Å². The van der Waals surface area contributed by atoms with E-state index in [-0.39, 0.29) is 28.9 Å². The zero-order chi connectivity index (χ0) is 17.4. The van der Waals surface area contributed by atoms with Gasteiger partial charge in [-0.2, -0.15) is 5.10 Å². The molecule has 0 amide bonds. The summed E-state index contributed by atoms with van der Waals surface area (Å²) in [6.45, 7) is 2.14. The lowest BCUT2D eigenvalue weighted by atomic mass is 10.2. The summed E-state index contributed by atoms with van der Waals surface area (Å²) < 4.78 is 24.3. The Morgan fingerprint density at radius 2 is 2.00 bits per heavy atom. The summed E-state index contributed by atoms with van der Waals surface area (Å²) in [5, 5.41) is 15.6. The number of hydrogen-bond donors (Lipinski definition) is 3. The van der Waals surface area contributed by atoms with Crippen LogP contribution in [0.15, 0.2) is 52.6 Å². The quantitative estimate of drug-likeness (QED) is 0.237. The Labute approximate surface area is 165 Å². The van der Waals surface area contributed by atoms with Crippen molar-refractivity contribution in [2.24, 2.45) is 10.1 Å². The Morgan fingerprint density at radius 1 is 1.28 bits per heavy atom. The van der Waals surface area contributed by atoms with Crippen molar-refractivity contribution in [3.63, 3.8) is 0 Å². The summed E-state index contributed by atoms with van der Waals surface area (Å²) in [5.74, 6) is 0.686. The lowest BCUT2D eigenvalue weighted by Crippen LogP contribution is -2.37. The molecule has 10 heteroatoms. The average molecular weight is 478 g/mol. The Bertz CT molecular complexity index is 760. The highest BCUT2D eigenvalue weighted by Gasteiger charge is 2.06. The predicted octanol–water partition coefficient (Wildman–Crippen LogP) is 0.904. The zero-order valence-corrected chi connectivity index (χ0v) is 17.1. The third-order valence-electron chi connectivity index (χ3n) is 3.35. The number of nitrogens with one attached hydrogen (secondary N) is 2. The molecule has 0 aliphatic carbocycles. The zero-order valence-electron chi connectivity index (χ0n) is 13.9. The number of nitrogens with two attached hydrogens (primary N) is 1. The van der Waals surface area contributed by atoms with Crippen molar-refractivity contribution in [3.05, 3.63) is 48.3 Å². The number of hydrogen-bond acceptors (Lipinski definition) is 4. The van der Waals surface area contributed by atoms with Crippen LogP contribution in [0.1, 0.15) is 12.0 Å². The maximum Gasteiger partial charge on any atom is 0.238 e. The standard InChI is InChI=1S/C15H22N6O2S.HI/c1-17-15(18-8-2-10-21-11-3-9-20-21)19-12-13-4-6-14(7-5-13)24(16,22)23;/h3-7,9,11H,2,8,10,12H2,1H3,(H2,16,22,23)(H2,17,18,19);1H. The molecule has 0 aliphatic rings. The van der Waals surface area contributed by atoms with E-state index in [9.17, 15) is 8.42 Å². The van der Waals surface area contributed by atoms with E-state index < -0.39 is 10.0 Å². The van der Waals surface area contributed by atoms with Gasteiger partial charge < -0.3 is 10.6 Å². The molecule has 0 spiro atoms. The second-order valence-corrected chi connectivity index (χ2v) is 6.73. The van der Waals surface area contributed by atoms with Crippen molar-refractivity contribution >= 4 is 40.0 Å². The van der Waals surface area contributed by atoms with Gasteiger partial charge in [0.15, 0.2) is 5.96 Å². The number of sulfonamides is 1. The number of rotatable bonds is 7. The Hall–Kier alpha value is -1.66. The predicted molar refractivity (Wildman–Crippen MR) is 108 cm³/mol. The third-order valence-corrected chi connectivity index (χ3v) is 4.28. The molecule has 0 saturated heterocycles. The largest absolute Gasteiger partial charge is 0.356 e. The van der Waals surface area contributed by atoms with Crippen LogP contribution >= 0.6 is 24.0 Å². The van der Waals surface area contributed by atoms with Crippen molar-refractivity contribution < 1.29 is 8.42 Å². The summed E-state index contributed by atoms with van der Waals surface area (Å²) in [7, 11) is -1.95. The molecule has 1 aromatic heterocycles. The molecular weight excluding hydrogens is 455 g/mol. The van der Waals surface area contributed by atoms with E-state index in [1.54, 1.807) is 25.4 Å². The number of aryl methyl sites for hydroxylation is 1. The van der Waals surface area contributed by atoms with Gasteiger partial charge in [0.05, 0.1) is 4.90 Å². The van der Waals surface area contributed by atoms with E-state index in [0.29, 0.717) is 12.5 Å². The molecule has 25 heavy (non-hydrogen) atoms. The first-order chi connectivity index (χ1) is 11.5. The fourth-order valence-electron chi connectivity index (χ4n) is 2.08. The van der Waals surface area contributed by atoms with Gasteiger partial charge in [0, 0.05) is 39.1 Å². The van der Waals surface area contributed by atoms with Crippen molar-refractivity contribution in [3.8, 4) is 0 Å². The van der Waals surface area contributed by atoms with Crippen molar-refractivity contribution in [2.75, 3.05) is 13.6 Å². The van der Waals surface area contributed by atoms with E-state index in [2.05, 4.69) is 20.7 Å². The number of aromatic nitrogens is 2. The number of primary sulfonamides is 1. The maximum absolute atomic E-state index is 11.2. The number of halogens is 1. The Kier molecular flexibility index (Phi) is 8.86. The molecule has 0 bridgehead atoms. The minimum absolute atomic E-state index is 0. The summed E-state index contributed by atoms with van der Waals surface area (Å²) in [4.78, 5) is 4.25. The van der Waals surface area contributed by atoms with Crippen LogP contribution in [-0.4, -0.2) is 37.8 Å². The molecule has 138 valence electrons. The van der Waals surface area contributed by atoms with Crippen molar-refractivity contribution in [2.45, 2.75) is 24.4 Å². The van der Waals surface area contributed by atoms with Crippen LogP contribution in [0.25, 0.3) is 0 Å². The number of aliphatic imine (C=N–C) groups is 1. The lowest BCUT2D eigenvalue weighted by Gasteiger charge is -2.12. The molecule has 0 radical (unpaired) electrons. The fraction of sp³-hybridized carbons (Fsp3) is 0.333. The molecule has 0 atom stereocenters. The van der Waals surface area contributed by atoms with E-state index in [4.69, 9.17) is 5.14 Å². The lowest BCUT2D eigenvalue weighted by molar-refractivity contribution is 0.570. The molecule has 2 rings (SSSR count). The van der Waals surface area contributed by atoms with Crippen LogP contribution in [-0.2, 0) is 23.1 Å². The second kappa shape index (κ2) is 10.4. The smallest absolute Gasteiger partial charge is 0.238 e.